The molecule has 1 amide bonds. The van der Waals surface area contributed by atoms with Crippen LogP contribution in [0.1, 0.15) is 35.3 Å². The molecule has 3 heterocycles. The van der Waals surface area contributed by atoms with Gasteiger partial charge in [0.05, 0.1) is 18.3 Å². The highest BCUT2D eigenvalue weighted by atomic mass is 32.2. The molecule has 9 heteroatoms. The number of rotatable bonds is 5. The minimum Gasteiger partial charge on any atom is -0.605 e. The zero-order chi connectivity index (χ0) is 24.2. The van der Waals surface area contributed by atoms with Crippen molar-refractivity contribution in [3.63, 3.8) is 0 Å². The zero-order valence-corrected chi connectivity index (χ0v) is 19.9. The van der Waals surface area contributed by atoms with Crippen molar-refractivity contribution < 1.29 is 18.1 Å². The number of alkyl halides is 2. The first-order chi connectivity index (χ1) is 16.1. The number of aliphatic imine (C=N–C) groups is 1. The maximum absolute atomic E-state index is 13.8. The van der Waals surface area contributed by atoms with Crippen LogP contribution in [0.25, 0.3) is 0 Å². The van der Waals surface area contributed by atoms with E-state index in [-0.39, 0.29) is 24.1 Å². The van der Waals surface area contributed by atoms with Crippen LogP contribution in [0.2, 0.25) is 0 Å². The summed E-state index contributed by atoms with van der Waals surface area (Å²) in [5.41, 5.74) is 1.74. The number of carbonyl (C=O) groups excluding carboxylic acids is 1. The van der Waals surface area contributed by atoms with E-state index in [9.17, 15) is 18.1 Å². The van der Waals surface area contributed by atoms with Gasteiger partial charge in [0, 0.05) is 43.5 Å². The second-order valence-corrected chi connectivity index (χ2v) is 10.1. The van der Waals surface area contributed by atoms with Crippen molar-refractivity contribution in [1.82, 2.24) is 9.47 Å². The highest BCUT2D eigenvalue weighted by Gasteiger charge is 2.44. The minimum atomic E-state index is -2.93. The number of fused-ring (bicyclic) bond motifs is 3. The molecular formula is C25H24F2N4O2S. The molecule has 2 aromatic carbocycles. The third-order valence-electron chi connectivity index (χ3n) is 6.09. The van der Waals surface area contributed by atoms with Gasteiger partial charge in [0.1, 0.15) is 5.56 Å². The first kappa shape index (κ1) is 22.6. The van der Waals surface area contributed by atoms with Crippen LogP contribution in [0.5, 0.6) is 0 Å². The average molecular weight is 483 g/mol. The molecule has 2 aliphatic rings. The highest BCUT2D eigenvalue weighted by molar-refractivity contribution is 7.91. The zero-order valence-electron chi connectivity index (χ0n) is 19.0. The van der Waals surface area contributed by atoms with Crippen molar-refractivity contribution in [2.75, 3.05) is 18.5 Å². The van der Waals surface area contributed by atoms with Gasteiger partial charge in [0.2, 0.25) is 11.0 Å². The molecule has 0 radical (unpaired) electrons. The molecule has 2 atom stereocenters. The molecule has 0 saturated carbocycles. The Bertz CT molecular complexity index is 1270. The van der Waals surface area contributed by atoms with Gasteiger partial charge >= 0.3 is 0 Å². The Kier molecular flexibility index (Phi) is 5.49. The number of halogens is 2. The van der Waals surface area contributed by atoms with E-state index in [4.69, 9.17) is 0 Å². The van der Waals surface area contributed by atoms with E-state index in [2.05, 4.69) is 4.99 Å². The van der Waals surface area contributed by atoms with Crippen LogP contribution >= 0.6 is 0 Å². The lowest BCUT2D eigenvalue weighted by Gasteiger charge is -2.31. The smallest absolute Gasteiger partial charge is 0.270 e. The number of guanidine groups is 1. The van der Waals surface area contributed by atoms with E-state index in [1.54, 1.807) is 48.0 Å². The Morgan fingerprint density at radius 2 is 1.82 bits per heavy atom. The van der Waals surface area contributed by atoms with Gasteiger partial charge in [-0.15, -0.1) is 0 Å². The van der Waals surface area contributed by atoms with Gasteiger partial charge < -0.3 is 14.0 Å². The van der Waals surface area contributed by atoms with Crippen molar-refractivity contribution in [1.29, 1.82) is 0 Å². The van der Waals surface area contributed by atoms with E-state index >= 15 is 0 Å². The summed E-state index contributed by atoms with van der Waals surface area (Å²) < 4.78 is 42.9. The number of amides is 1. The van der Waals surface area contributed by atoms with E-state index in [1.165, 1.54) is 17.0 Å². The van der Waals surface area contributed by atoms with Crippen LogP contribution in [0.15, 0.2) is 75.7 Å². The Morgan fingerprint density at radius 1 is 1.15 bits per heavy atom. The van der Waals surface area contributed by atoms with Crippen molar-refractivity contribution in [2.24, 2.45) is 4.99 Å². The lowest BCUT2D eigenvalue weighted by atomic mass is 10.1. The maximum atomic E-state index is 13.8. The van der Waals surface area contributed by atoms with Gasteiger partial charge in [0.25, 0.3) is 11.8 Å². The number of benzene rings is 2. The molecule has 3 aromatic rings. The molecule has 6 nitrogen and oxygen atoms in total. The van der Waals surface area contributed by atoms with Gasteiger partial charge in [-0.2, -0.15) is 0 Å². The van der Waals surface area contributed by atoms with Gasteiger partial charge in [-0.05, 0) is 24.6 Å². The molecule has 176 valence electrons. The van der Waals surface area contributed by atoms with Crippen molar-refractivity contribution in [3.05, 3.63) is 77.5 Å². The Hall–Kier alpha value is -3.17. The van der Waals surface area contributed by atoms with Crippen molar-refractivity contribution in [2.45, 2.75) is 42.3 Å². The van der Waals surface area contributed by atoms with Crippen molar-refractivity contribution >= 4 is 28.7 Å². The average Bonchev–Trinajstić information content (AvgIpc) is 3.38. The number of aromatic nitrogens is 1. The monoisotopic (exact) mass is 482 g/mol. The fourth-order valence-corrected chi connectivity index (χ4v) is 5.72. The van der Waals surface area contributed by atoms with E-state index in [0.717, 1.165) is 12.5 Å². The summed E-state index contributed by atoms with van der Waals surface area (Å²) in [4.78, 5) is 22.1. The Labute approximate surface area is 199 Å². The summed E-state index contributed by atoms with van der Waals surface area (Å²) in [6, 6.07) is 15.1. The first-order valence-electron chi connectivity index (χ1n) is 11.0. The number of carbonyl (C=O) groups is 1. The Balaban J connectivity index is 1.63. The first-order valence-corrected chi connectivity index (χ1v) is 12.1. The SMILES string of the molecule is CC1CN2C(=N1)N(C)C(=O)c1c2cn(Cc2ccc(C(C)(F)F)cc2)c1[S+]([O-])c1ccccc1. The third kappa shape index (κ3) is 3.78. The predicted octanol–water partition coefficient (Wildman–Crippen LogP) is 4.46. The molecule has 0 spiro atoms. The number of nitrogens with zero attached hydrogens (tertiary/aromatic N) is 4. The molecule has 0 bridgehead atoms. The summed E-state index contributed by atoms with van der Waals surface area (Å²) in [6.07, 6.45) is 1.83. The molecule has 0 N–H and O–H groups in total. The fraction of sp³-hybridized carbons (Fsp3) is 0.280. The largest absolute Gasteiger partial charge is 0.605 e. The second kappa shape index (κ2) is 8.25. The molecule has 2 aliphatic heterocycles. The molecule has 1 aromatic heterocycles. The highest BCUT2D eigenvalue weighted by Crippen LogP contribution is 2.39. The maximum Gasteiger partial charge on any atom is 0.270 e. The van der Waals surface area contributed by atoms with Crippen LogP contribution in [-0.2, 0) is 23.6 Å². The van der Waals surface area contributed by atoms with E-state index < -0.39 is 17.1 Å². The van der Waals surface area contributed by atoms with Gasteiger partial charge in [-0.1, -0.05) is 42.5 Å². The minimum absolute atomic E-state index is 0.0193. The molecule has 2 unspecified atom stereocenters. The number of hydrogen-bond donors (Lipinski definition) is 0. The van der Waals surface area contributed by atoms with Crippen LogP contribution in [0.3, 0.4) is 0 Å². The second-order valence-electron chi connectivity index (χ2n) is 8.74. The standard InChI is InChI=1S/C25H24F2N4O2S/c1-16-13-31-20-15-30(14-17-9-11-18(12-10-17)25(2,26)27)23(34(33)19-7-5-4-6-8-19)21(20)22(32)29(3)24(31)28-16/h4-12,15-16H,13-14H2,1-3H3. The summed E-state index contributed by atoms with van der Waals surface area (Å²) in [5.74, 6) is -2.61. The molecular weight excluding hydrogens is 458 g/mol. The van der Waals surface area contributed by atoms with Crippen LogP contribution in [0, 0.1) is 0 Å². The van der Waals surface area contributed by atoms with Crippen LogP contribution in [0.4, 0.5) is 14.5 Å². The third-order valence-corrected chi connectivity index (χ3v) is 7.58. The van der Waals surface area contributed by atoms with E-state index in [0.29, 0.717) is 33.7 Å². The molecule has 0 fully saturated rings. The van der Waals surface area contributed by atoms with E-state index in [1.807, 2.05) is 24.1 Å². The van der Waals surface area contributed by atoms with Crippen LogP contribution < -0.4 is 4.90 Å². The van der Waals surface area contributed by atoms with Gasteiger partial charge in [0.15, 0.2) is 4.90 Å². The summed E-state index contributed by atoms with van der Waals surface area (Å²) in [6.45, 7) is 3.74. The lowest BCUT2D eigenvalue weighted by Crippen LogP contribution is -2.48. The molecule has 0 saturated heterocycles. The van der Waals surface area contributed by atoms with Crippen LogP contribution in [-0.4, -0.2) is 45.5 Å². The lowest BCUT2D eigenvalue weighted by molar-refractivity contribution is 0.0174. The van der Waals surface area contributed by atoms with Gasteiger partial charge in [-0.3, -0.25) is 9.69 Å². The summed E-state index contributed by atoms with van der Waals surface area (Å²) in [5, 5.41) is 0.390. The quantitative estimate of drug-likeness (QED) is 0.505. The Morgan fingerprint density at radius 3 is 2.47 bits per heavy atom. The predicted molar refractivity (Wildman–Crippen MR) is 127 cm³/mol. The molecule has 5 rings (SSSR count). The summed E-state index contributed by atoms with van der Waals surface area (Å²) >= 11 is -1.63. The number of anilines is 1. The topological polar surface area (TPSA) is 63.9 Å². The molecule has 0 aliphatic carbocycles. The number of hydrogen-bond acceptors (Lipinski definition) is 4. The van der Waals surface area contributed by atoms with Gasteiger partial charge in [-0.25, -0.2) is 13.8 Å². The molecule has 34 heavy (non-hydrogen) atoms. The normalized spacial score (nSPS) is 18.6. The summed E-state index contributed by atoms with van der Waals surface area (Å²) in [7, 11) is 1.67. The fourth-order valence-electron chi connectivity index (χ4n) is 4.39. The van der Waals surface area contributed by atoms with Crippen molar-refractivity contribution in [3.8, 4) is 0 Å².